The van der Waals surface area contributed by atoms with Crippen molar-refractivity contribution in [2.75, 3.05) is 4.90 Å². The van der Waals surface area contributed by atoms with Gasteiger partial charge in [0.05, 0.1) is 22.2 Å². The van der Waals surface area contributed by atoms with Gasteiger partial charge in [-0.25, -0.2) is 9.97 Å². The fourth-order valence-corrected chi connectivity index (χ4v) is 8.42. The van der Waals surface area contributed by atoms with Crippen LogP contribution in [0.2, 0.25) is 0 Å². The smallest absolute Gasteiger partial charge is 0.235 e. The molecule has 4 nitrogen and oxygen atoms in total. The van der Waals surface area contributed by atoms with Crippen molar-refractivity contribution in [1.29, 1.82) is 0 Å². The van der Waals surface area contributed by atoms with Crippen LogP contribution in [0.25, 0.3) is 82.9 Å². The van der Waals surface area contributed by atoms with E-state index in [0.29, 0.717) is 5.95 Å². The van der Waals surface area contributed by atoms with Crippen molar-refractivity contribution in [2.24, 2.45) is 0 Å². The predicted octanol–water partition coefficient (Wildman–Crippen LogP) is 14.4. The Bertz CT molecular complexity index is 3250. The number of anilines is 3. The second kappa shape index (κ2) is 14.0. The molecule has 58 heavy (non-hydrogen) atoms. The second-order valence-electron chi connectivity index (χ2n) is 14.6. The maximum atomic E-state index is 5.38. The molecule has 0 amide bonds. The highest BCUT2D eigenvalue weighted by Crippen LogP contribution is 2.42. The van der Waals surface area contributed by atoms with Gasteiger partial charge >= 0.3 is 0 Å². The average Bonchev–Trinajstić information content (AvgIpc) is 3.64. The van der Waals surface area contributed by atoms with Crippen LogP contribution >= 0.6 is 0 Å². The van der Waals surface area contributed by atoms with E-state index in [1.54, 1.807) is 0 Å². The van der Waals surface area contributed by atoms with Gasteiger partial charge in [0.1, 0.15) is 0 Å². The maximum Gasteiger partial charge on any atom is 0.235 e. The lowest BCUT2D eigenvalue weighted by Crippen LogP contribution is -2.10. The lowest BCUT2D eigenvalue weighted by atomic mass is 10.00. The van der Waals surface area contributed by atoms with Crippen molar-refractivity contribution < 1.29 is 0 Å². The van der Waals surface area contributed by atoms with E-state index in [4.69, 9.17) is 9.97 Å². The first-order chi connectivity index (χ1) is 28.8. The Morgan fingerprint density at radius 3 is 1.59 bits per heavy atom. The number of para-hydroxylation sites is 2. The zero-order valence-corrected chi connectivity index (χ0v) is 31.6. The van der Waals surface area contributed by atoms with Crippen molar-refractivity contribution in [3.8, 4) is 39.5 Å². The first-order valence-electron chi connectivity index (χ1n) is 19.7. The molecule has 0 spiro atoms. The van der Waals surface area contributed by atoms with Crippen LogP contribution in [0.5, 0.6) is 0 Å². The van der Waals surface area contributed by atoms with Gasteiger partial charge in [-0.1, -0.05) is 170 Å². The molecule has 0 aliphatic carbocycles. The van der Waals surface area contributed by atoms with Crippen molar-refractivity contribution in [1.82, 2.24) is 14.5 Å². The highest BCUT2D eigenvalue weighted by Gasteiger charge is 2.21. The summed E-state index contributed by atoms with van der Waals surface area (Å²) in [6.45, 7) is 0. The molecule has 0 aliphatic rings. The molecule has 0 aliphatic heterocycles. The molecule has 272 valence electrons. The van der Waals surface area contributed by atoms with Crippen LogP contribution in [0.15, 0.2) is 218 Å². The molecule has 11 aromatic rings. The Kier molecular flexibility index (Phi) is 8.11. The first kappa shape index (κ1) is 33.5. The van der Waals surface area contributed by atoms with E-state index in [2.05, 4.69) is 216 Å². The molecule has 2 heterocycles. The van der Waals surface area contributed by atoms with Crippen LogP contribution in [0.1, 0.15) is 0 Å². The van der Waals surface area contributed by atoms with Gasteiger partial charge in [0.15, 0.2) is 0 Å². The Hall–Kier alpha value is -7.82. The minimum atomic E-state index is 0.638. The minimum Gasteiger partial charge on any atom is -0.310 e. The highest BCUT2D eigenvalue weighted by molar-refractivity contribution is 6.21. The molecule has 9 aromatic carbocycles. The van der Waals surface area contributed by atoms with E-state index >= 15 is 0 Å². The fraction of sp³-hybridized carbons (Fsp3) is 0. The summed E-state index contributed by atoms with van der Waals surface area (Å²) in [5.74, 6) is 0.638. The molecule has 2 aromatic heterocycles. The zero-order chi connectivity index (χ0) is 38.4. The van der Waals surface area contributed by atoms with E-state index in [1.165, 1.54) is 38.4 Å². The van der Waals surface area contributed by atoms with Crippen molar-refractivity contribution in [3.05, 3.63) is 218 Å². The molecular formula is C54H36N4. The van der Waals surface area contributed by atoms with Gasteiger partial charge in [-0.15, -0.1) is 0 Å². The first-order valence-corrected chi connectivity index (χ1v) is 19.7. The van der Waals surface area contributed by atoms with Gasteiger partial charge in [-0.3, -0.25) is 4.57 Å². The number of aromatic nitrogens is 3. The lowest BCUT2D eigenvalue weighted by Gasteiger charge is -2.26. The lowest BCUT2D eigenvalue weighted by molar-refractivity contribution is 1.01. The molecular weight excluding hydrogens is 705 g/mol. The number of nitrogens with zero attached hydrogens (tertiary/aromatic N) is 4. The zero-order valence-electron chi connectivity index (χ0n) is 31.6. The Balaban J connectivity index is 1.10. The quantitative estimate of drug-likeness (QED) is 0.163. The molecule has 4 heteroatoms. The van der Waals surface area contributed by atoms with E-state index < -0.39 is 0 Å². The summed E-state index contributed by atoms with van der Waals surface area (Å²) in [7, 11) is 0. The van der Waals surface area contributed by atoms with Gasteiger partial charge in [0, 0.05) is 38.8 Å². The topological polar surface area (TPSA) is 34.0 Å². The van der Waals surface area contributed by atoms with Gasteiger partial charge in [-0.2, -0.15) is 0 Å². The Labute approximate surface area is 336 Å². The fourth-order valence-electron chi connectivity index (χ4n) is 8.42. The number of hydrogen-bond acceptors (Lipinski definition) is 3. The number of fused-ring (bicyclic) bond motifs is 6. The molecule has 0 fully saturated rings. The summed E-state index contributed by atoms with van der Waals surface area (Å²) in [4.78, 5) is 13.0. The summed E-state index contributed by atoms with van der Waals surface area (Å²) in [5.41, 5.74) is 12.9. The average molecular weight is 741 g/mol. The van der Waals surface area contributed by atoms with E-state index in [1.807, 2.05) is 12.1 Å². The number of hydrogen-bond donors (Lipinski definition) is 0. The largest absolute Gasteiger partial charge is 0.310 e. The van der Waals surface area contributed by atoms with E-state index in [0.717, 1.165) is 55.6 Å². The molecule has 0 bridgehead atoms. The summed E-state index contributed by atoms with van der Waals surface area (Å²) in [6, 6.07) is 77.4. The Morgan fingerprint density at radius 1 is 0.345 bits per heavy atom. The third-order valence-electron chi connectivity index (χ3n) is 11.2. The molecule has 0 unspecified atom stereocenters. The van der Waals surface area contributed by atoms with Crippen LogP contribution in [0.3, 0.4) is 0 Å². The SMILES string of the molecule is c1ccc(-c2ccc(-c3ccc(N(c4ccccc4)c4ccc5c6c7ccccc7ccc6n(-c6nc(-c7ccccc7)c7ccccc7n6)c5c4)cc3)cc2)cc1. The van der Waals surface area contributed by atoms with Gasteiger partial charge in [0.25, 0.3) is 0 Å². The number of rotatable bonds is 7. The van der Waals surface area contributed by atoms with Crippen molar-refractivity contribution in [3.63, 3.8) is 0 Å². The van der Waals surface area contributed by atoms with E-state index in [9.17, 15) is 0 Å². The number of benzene rings is 9. The van der Waals surface area contributed by atoms with E-state index in [-0.39, 0.29) is 0 Å². The summed E-state index contributed by atoms with van der Waals surface area (Å²) < 4.78 is 2.25. The van der Waals surface area contributed by atoms with Crippen LogP contribution in [-0.4, -0.2) is 14.5 Å². The van der Waals surface area contributed by atoms with Crippen LogP contribution in [-0.2, 0) is 0 Å². The molecule has 0 saturated carbocycles. The van der Waals surface area contributed by atoms with Crippen molar-refractivity contribution in [2.45, 2.75) is 0 Å². The van der Waals surface area contributed by atoms with Crippen LogP contribution in [0, 0.1) is 0 Å². The van der Waals surface area contributed by atoms with Gasteiger partial charge < -0.3 is 4.90 Å². The summed E-state index contributed by atoms with van der Waals surface area (Å²) >= 11 is 0. The monoisotopic (exact) mass is 740 g/mol. The van der Waals surface area contributed by atoms with Crippen LogP contribution in [0.4, 0.5) is 17.1 Å². The Morgan fingerprint density at radius 2 is 0.879 bits per heavy atom. The highest BCUT2D eigenvalue weighted by atomic mass is 15.2. The normalized spacial score (nSPS) is 11.4. The molecule has 0 atom stereocenters. The maximum absolute atomic E-state index is 5.38. The van der Waals surface area contributed by atoms with Gasteiger partial charge in [0.2, 0.25) is 5.95 Å². The van der Waals surface area contributed by atoms with Crippen LogP contribution < -0.4 is 4.90 Å². The minimum absolute atomic E-state index is 0.638. The summed E-state index contributed by atoms with van der Waals surface area (Å²) in [6.07, 6.45) is 0. The van der Waals surface area contributed by atoms with Crippen molar-refractivity contribution >= 4 is 60.5 Å². The third kappa shape index (κ3) is 5.78. The molecule has 0 saturated heterocycles. The standard InChI is InChI=1S/C54H36N4/c1-4-14-37(15-5-1)38-24-26-39(27-25-38)40-28-31-44(32-29-40)57(43-19-8-3-9-20-43)45-33-34-48-51(36-45)58(50-35-30-41-16-10-11-21-46(41)52(48)50)54-55-49-23-13-12-22-47(49)53(56-54)42-17-6-2-7-18-42/h1-36H. The molecule has 0 N–H and O–H groups in total. The molecule has 0 radical (unpaired) electrons. The third-order valence-corrected chi connectivity index (χ3v) is 11.2. The second-order valence-corrected chi connectivity index (χ2v) is 14.6. The van der Waals surface area contributed by atoms with Gasteiger partial charge in [-0.05, 0) is 81.6 Å². The predicted molar refractivity (Wildman–Crippen MR) is 242 cm³/mol. The summed E-state index contributed by atoms with van der Waals surface area (Å²) in [5, 5.41) is 5.76. The molecule has 11 rings (SSSR count).